The molecule has 0 radical (unpaired) electrons. The first-order valence-corrected chi connectivity index (χ1v) is 9.82. The summed E-state index contributed by atoms with van der Waals surface area (Å²) in [6.45, 7) is 4.17. The first-order valence-electron chi connectivity index (χ1n) is 9.82. The van der Waals surface area contributed by atoms with Crippen LogP contribution in [-0.4, -0.2) is 75.8 Å². The molecule has 3 aromatic rings. The van der Waals surface area contributed by atoms with Crippen molar-refractivity contribution in [1.82, 2.24) is 24.5 Å². The number of carbonyl (C=O) groups excluding carboxylic acids is 1. The van der Waals surface area contributed by atoms with Gasteiger partial charge in [0.25, 0.3) is 5.91 Å². The fourth-order valence-corrected chi connectivity index (χ4v) is 3.92. The first kappa shape index (κ1) is 19.6. The Morgan fingerprint density at radius 1 is 1.16 bits per heavy atom. The van der Waals surface area contributed by atoms with Gasteiger partial charge < -0.3 is 20.7 Å². The molecule has 2 aliphatic rings. The number of aromatic nitrogens is 4. The van der Waals surface area contributed by atoms with Crippen molar-refractivity contribution in [2.24, 2.45) is 0 Å². The Labute approximate surface area is 175 Å². The number of rotatable bonds is 4. The maximum absolute atomic E-state index is 14.8. The van der Waals surface area contributed by atoms with E-state index in [0.717, 1.165) is 49.4 Å². The normalized spacial score (nSPS) is 17.7. The van der Waals surface area contributed by atoms with Gasteiger partial charge in [-0.25, -0.2) is 18.3 Å². The quantitative estimate of drug-likeness (QED) is 0.624. The molecule has 0 aromatic carbocycles. The second-order valence-corrected chi connectivity index (χ2v) is 7.49. The zero-order valence-corrected chi connectivity index (χ0v) is 16.5. The average molecular weight is 430 g/mol. The summed E-state index contributed by atoms with van der Waals surface area (Å²) in [4.78, 5) is 24.9. The van der Waals surface area contributed by atoms with Crippen LogP contribution < -0.4 is 16.0 Å². The van der Waals surface area contributed by atoms with E-state index in [9.17, 15) is 13.6 Å². The van der Waals surface area contributed by atoms with Crippen LogP contribution in [0.25, 0.3) is 5.65 Å². The van der Waals surface area contributed by atoms with Gasteiger partial charge in [0.1, 0.15) is 11.3 Å². The Hall–Kier alpha value is -3.38. The number of pyridine rings is 1. The third kappa shape index (κ3) is 3.53. The molecule has 2 saturated heterocycles. The van der Waals surface area contributed by atoms with E-state index < -0.39 is 17.5 Å². The third-order valence-electron chi connectivity index (χ3n) is 5.58. The highest BCUT2D eigenvalue weighted by molar-refractivity contribution is 6.12. The van der Waals surface area contributed by atoms with Gasteiger partial charge in [-0.1, -0.05) is 0 Å². The van der Waals surface area contributed by atoms with Crippen LogP contribution in [0.5, 0.6) is 0 Å². The summed E-state index contributed by atoms with van der Waals surface area (Å²) in [5.74, 6) is -1.90. The number of nitrogens with one attached hydrogen (secondary N) is 1. The van der Waals surface area contributed by atoms with Gasteiger partial charge in [-0.05, 0) is 0 Å². The number of nitrogens with two attached hydrogens (primary N) is 1. The molecular formula is C19H20F2N8O2. The van der Waals surface area contributed by atoms with Crippen LogP contribution in [0.4, 0.5) is 26.0 Å². The zero-order chi connectivity index (χ0) is 21.5. The number of carbonyl (C=O) groups is 1. The topological polar surface area (TPSA) is 114 Å². The van der Waals surface area contributed by atoms with Crippen LogP contribution in [0.3, 0.4) is 0 Å². The molecule has 0 bridgehead atoms. The van der Waals surface area contributed by atoms with E-state index in [-0.39, 0.29) is 28.4 Å². The number of nitrogens with zero attached hydrogens (tertiary/aromatic N) is 6. The number of amides is 1. The summed E-state index contributed by atoms with van der Waals surface area (Å²) in [6.07, 6.45) is 4.54. The van der Waals surface area contributed by atoms with Crippen molar-refractivity contribution in [3.63, 3.8) is 0 Å². The standard InChI is InChI=1S/C19H20F2N8O2/c20-11-5-24-18-15(17(22)26-29(18)8-11)19(30)25-14-7-23-6-13(21)16(14)28-3-1-27(2-4-28)12-9-31-10-12/h5-8,12H,1-4,9-10H2,(H2,22,26)(H,25,30). The van der Waals surface area contributed by atoms with Gasteiger partial charge >= 0.3 is 0 Å². The van der Waals surface area contributed by atoms with Crippen molar-refractivity contribution >= 4 is 28.7 Å². The predicted molar refractivity (Wildman–Crippen MR) is 108 cm³/mol. The lowest BCUT2D eigenvalue weighted by Gasteiger charge is -2.43. The van der Waals surface area contributed by atoms with Gasteiger partial charge in [0.2, 0.25) is 0 Å². The van der Waals surface area contributed by atoms with Crippen LogP contribution in [0, 0.1) is 11.6 Å². The fraction of sp³-hybridized carbons (Fsp3) is 0.368. The summed E-state index contributed by atoms with van der Waals surface area (Å²) in [7, 11) is 0. The first-order chi connectivity index (χ1) is 15.0. The molecule has 31 heavy (non-hydrogen) atoms. The number of piperazine rings is 1. The minimum absolute atomic E-state index is 0.0231. The molecule has 3 aromatic heterocycles. The van der Waals surface area contributed by atoms with Crippen molar-refractivity contribution in [3.8, 4) is 0 Å². The van der Waals surface area contributed by atoms with E-state index in [2.05, 4.69) is 25.3 Å². The molecule has 0 saturated carbocycles. The molecule has 0 atom stereocenters. The number of ether oxygens (including phenoxy) is 1. The van der Waals surface area contributed by atoms with E-state index in [0.29, 0.717) is 19.1 Å². The van der Waals surface area contributed by atoms with E-state index >= 15 is 0 Å². The van der Waals surface area contributed by atoms with E-state index in [1.54, 1.807) is 0 Å². The van der Waals surface area contributed by atoms with Gasteiger partial charge in [0.15, 0.2) is 23.1 Å². The van der Waals surface area contributed by atoms with Crippen LogP contribution in [0.1, 0.15) is 10.4 Å². The van der Waals surface area contributed by atoms with Gasteiger partial charge in [0, 0.05) is 26.2 Å². The lowest BCUT2D eigenvalue weighted by molar-refractivity contribution is -0.0660. The Morgan fingerprint density at radius 3 is 2.65 bits per heavy atom. The summed E-state index contributed by atoms with van der Waals surface area (Å²) < 4.78 is 34.5. The zero-order valence-electron chi connectivity index (χ0n) is 16.5. The highest BCUT2D eigenvalue weighted by atomic mass is 19.1. The van der Waals surface area contributed by atoms with Gasteiger partial charge in [-0.15, -0.1) is 5.10 Å². The van der Waals surface area contributed by atoms with Crippen molar-refractivity contribution in [2.45, 2.75) is 6.04 Å². The number of hydrogen-bond donors (Lipinski definition) is 2. The number of fused-ring (bicyclic) bond motifs is 1. The van der Waals surface area contributed by atoms with E-state index in [4.69, 9.17) is 10.5 Å². The van der Waals surface area contributed by atoms with Crippen molar-refractivity contribution in [3.05, 3.63) is 42.0 Å². The third-order valence-corrected chi connectivity index (χ3v) is 5.58. The average Bonchev–Trinajstić information content (AvgIpc) is 3.02. The molecule has 3 N–H and O–H groups in total. The minimum Gasteiger partial charge on any atom is -0.381 e. The molecule has 5 rings (SSSR count). The molecule has 10 nitrogen and oxygen atoms in total. The molecule has 2 fully saturated rings. The van der Waals surface area contributed by atoms with E-state index in [1.807, 2.05) is 4.90 Å². The van der Waals surface area contributed by atoms with Crippen molar-refractivity contribution in [1.29, 1.82) is 0 Å². The summed E-state index contributed by atoms with van der Waals surface area (Å²) in [6, 6.07) is 0.416. The maximum atomic E-state index is 14.8. The smallest absolute Gasteiger partial charge is 0.263 e. The predicted octanol–water partition coefficient (Wildman–Crippen LogP) is 0.758. The van der Waals surface area contributed by atoms with Crippen LogP contribution >= 0.6 is 0 Å². The molecule has 1 amide bonds. The van der Waals surface area contributed by atoms with Gasteiger partial charge in [-0.3, -0.25) is 14.7 Å². The van der Waals surface area contributed by atoms with Gasteiger partial charge in [-0.2, -0.15) is 0 Å². The Bertz CT molecular complexity index is 1140. The monoisotopic (exact) mass is 430 g/mol. The Morgan fingerprint density at radius 2 is 1.94 bits per heavy atom. The maximum Gasteiger partial charge on any atom is 0.263 e. The molecule has 12 heteroatoms. The number of anilines is 3. The lowest BCUT2D eigenvalue weighted by atomic mass is 10.1. The van der Waals surface area contributed by atoms with Crippen LogP contribution in [0.2, 0.25) is 0 Å². The molecule has 0 unspecified atom stereocenters. The van der Waals surface area contributed by atoms with Crippen molar-refractivity contribution in [2.75, 3.05) is 55.3 Å². The summed E-state index contributed by atoms with van der Waals surface area (Å²) >= 11 is 0. The second-order valence-electron chi connectivity index (χ2n) is 7.49. The molecule has 0 spiro atoms. The largest absolute Gasteiger partial charge is 0.381 e. The van der Waals surface area contributed by atoms with Gasteiger partial charge in [0.05, 0.1) is 49.7 Å². The minimum atomic E-state index is -0.634. The fourth-order valence-electron chi connectivity index (χ4n) is 3.92. The lowest BCUT2D eigenvalue weighted by Crippen LogP contribution is -2.56. The second kappa shape index (κ2) is 7.71. The van der Waals surface area contributed by atoms with Crippen molar-refractivity contribution < 1.29 is 18.3 Å². The van der Waals surface area contributed by atoms with Crippen LogP contribution in [0.15, 0.2) is 24.8 Å². The molecule has 5 heterocycles. The summed E-state index contributed by atoms with van der Waals surface area (Å²) in [5, 5.41) is 6.59. The molecule has 0 aliphatic carbocycles. The Kier molecular flexibility index (Phi) is 4.87. The molecule has 162 valence electrons. The Balaban J connectivity index is 1.40. The SMILES string of the molecule is Nc1nn2cc(F)cnc2c1C(=O)Nc1cncc(F)c1N1CCN(C2COC2)CC1. The number of halogens is 2. The van der Waals surface area contributed by atoms with E-state index in [1.165, 1.54) is 6.20 Å². The number of nitrogen functional groups attached to an aromatic ring is 1. The highest BCUT2D eigenvalue weighted by Crippen LogP contribution is 2.31. The molecule has 2 aliphatic heterocycles. The number of hydrogen-bond acceptors (Lipinski definition) is 8. The summed E-state index contributed by atoms with van der Waals surface area (Å²) in [5.41, 5.74) is 6.41. The highest BCUT2D eigenvalue weighted by Gasteiger charge is 2.31. The molecular weight excluding hydrogens is 410 g/mol. The van der Waals surface area contributed by atoms with Crippen LogP contribution in [-0.2, 0) is 4.74 Å².